The summed E-state index contributed by atoms with van der Waals surface area (Å²) in [6.45, 7) is 4.11. The third-order valence-corrected chi connectivity index (χ3v) is 2.46. The molecule has 0 aliphatic heterocycles. The van der Waals surface area contributed by atoms with Crippen LogP contribution in [0, 0.1) is 0 Å². The van der Waals surface area contributed by atoms with Gasteiger partial charge in [0.15, 0.2) is 0 Å². The second-order valence-electron chi connectivity index (χ2n) is 3.28. The van der Waals surface area contributed by atoms with Crippen LogP contribution in [0.15, 0.2) is 23.8 Å². The van der Waals surface area contributed by atoms with Gasteiger partial charge >= 0.3 is 0 Å². The van der Waals surface area contributed by atoms with Gasteiger partial charge in [-0.3, -0.25) is 0 Å². The van der Waals surface area contributed by atoms with Gasteiger partial charge in [0.25, 0.3) is 0 Å². The van der Waals surface area contributed by atoms with Gasteiger partial charge in [0.1, 0.15) is 0 Å². The van der Waals surface area contributed by atoms with Crippen molar-refractivity contribution in [3.8, 4) is 0 Å². The second-order valence-corrected chi connectivity index (χ2v) is 3.28. The molecule has 1 aliphatic carbocycles. The summed E-state index contributed by atoms with van der Waals surface area (Å²) in [5.41, 5.74) is 7.08. The number of likely N-dealkylation sites (N-methyl/N-ethyl adjacent to an activating group) is 1. The minimum atomic E-state index is -0.233. The van der Waals surface area contributed by atoms with Crippen molar-refractivity contribution in [1.29, 1.82) is 0 Å². The first-order valence-corrected chi connectivity index (χ1v) is 3.90. The monoisotopic (exact) mass is 152 g/mol. The van der Waals surface area contributed by atoms with Crippen LogP contribution in [-0.2, 0) is 0 Å². The fourth-order valence-electron chi connectivity index (χ4n) is 1.33. The van der Waals surface area contributed by atoms with Crippen molar-refractivity contribution in [3.63, 3.8) is 0 Å². The Hall–Kier alpha value is -0.600. The van der Waals surface area contributed by atoms with Gasteiger partial charge in [-0.25, -0.2) is 0 Å². The van der Waals surface area contributed by atoms with Gasteiger partial charge < -0.3 is 11.1 Å². The van der Waals surface area contributed by atoms with Crippen LogP contribution in [0.1, 0.15) is 13.8 Å². The molecule has 0 amide bonds. The van der Waals surface area contributed by atoms with E-state index in [4.69, 9.17) is 5.73 Å². The van der Waals surface area contributed by atoms with Gasteiger partial charge in [0, 0.05) is 6.04 Å². The highest BCUT2D eigenvalue weighted by molar-refractivity contribution is 5.32. The van der Waals surface area contributed by atoms with Crippen molar-refractivity contribution in [3.05, 3.63) is 23.8 Å². The van der Waals surface area contributed by atoms with Crippen LogP contribution in [0.4, 0.5) is 0 Å². The Morgan fingerprint density at radius 3 is 2.73 bits per heavy atom. The second kappa shape index (κ2) is 2.80. The van der Waals surface area contributed by atoms with Gasteiger partial charge in [-0.2, -0.15) is 0 Å². The van der Waals surface area contributed by atoms with Gasteiger partial charge in [0.05, 0.1) is 5.54 Å². The molecular weight excluding hydrogens is 136 g/mol. The number of hydrogen-bond donors (Lipinski definition) is 2. The predicted molar refractivity (Wildman–Crippen MR) is 48.3 cm³/mol. The van der Waals surface area contributed by atoms with Gasteiger partial charge in [-0.15, -0.1) is 0 Å². The number of allylic oxidation sites excluding steroid dienone is 2. The van der Waals surface area contributed by atoms with Gasteiger partial charge in [-0.05, 0) is 20.9 Å². The summed E-state index contributed by atoms with van der Waals surface area (Å²) in [5, 5.41) is 3.17. The van der Waals surface area contributed by atoms with E-state index in [1.807, 2.05) is 20.0 Å². The Balaban J connectivity index is 2.89. The summed E-state index contributed by atoms with van der Waals surface area (Å²) in [5.74, 6) is 0. The molecule has 0 aromatic rings. The lowest BCUT2D eigenvalue weighted by atomic mass is 9.83. The molecule has 0 spiro atoms. The minimum Gasteiger partial charge on any atom is -0.320 e. The standard InChI is InChI=1S/C9H16N2/c1-7-5-4-6-8(11-3)9(7,2)10/h4-6,8,11H,10H2,1-3H3. The van der Waals surface area contributed by atoms with E-state index in [0.717, 1.165) is 0 Å². The molecule has 1 aliphatic rings. The van der Waals surface area contributed by atoms with Gasteiger partial charge in [-0.1, -0.05) is 23.8 Å². The molecule has 2 atom stereocenters. The molecule has 2 heteroatoms. The molecular formula is C9H16N2. The lowest BCUT2D eigenvalue weighted by molar-refractivity contribution is 0.434. The van der Waals surface area contributed by atoms with Gasteiger partial charge in [0.2, 0.25) is 0 Å². The molecule has 0 fully saturated rings. The molecule has 0 radical (unpaired) electrons. The zero-order valence-corrected chi connectivity index (χ0v) is 7.39. The van der Waals surface area contributed by atoms with Crippen LogP contribution in [0.2, 0.25) is 0 Å². The molecule has 0 aromatic heterocycles. The summed E-state index contributed by atoms with van der Waals surface area (Å²) >= 11 is 0. The van der Waals surface area contributed by atoms with E-state index >= 15 is 0 Å². The summed E-state index contributed by atoms with van der Waals surface area (Å²) in [6, 6.07) is 0.257. The highest BCUT2D eigenvalue weighted by Crippen LogP contribution is 2.21. The fourth-order valence-corrected chi connectivity index (χ4v) is 1.33. The number of rotatable bonds is 1. The highest BCUT2D eigenvalue weighted by Gasteiger charge is 2.29. The van der Waals surface area contributed by atoms with Crippen molar-refractivity contribution in [2.45, 2.75) is 25.4 Å². The predicted octanol–water partition coefficient (Wildman–Crippen LogP) is 0.808. The van der Waals surface area contributed by atoms with E-state index in [1.54, 1.807) is 0 Å². The zero-order valence-electron chi connectivity index (χ0n) is 7.39. The molecule has 0 saturated carbocycles. The SMILES string of the molecule is CNC1C=CC=C(C)C1(C)N. The number of nitrogens with one attached hydrogen (secondary N) is 1. The molecule has 2 nitrogen and oxygen atoms in total. The summed E-state index contributed by atoms with van der Waals surface area (Å²) in [6.07, 6.45) is 6.20. The Morgan fingerprint density at radius 1 is 1.64 bits per heavy atom. The zero-order chi connectivity index (χ0) is 8.48. The first-order valence-electron chi connectivity index (χ1n) is 3.90. The van der Waals surface area contributed by atoms with Crippen molar-refractivity contribution in [1.82, 2.24) is 5.32 Å². The normalized spacial score (nSPS) is 37.1. The van der Waals surface area contributed by atoms with E-state index in [-0.39, 0.29) is 11.6 Å². The van der Waals surface area contributed by atoms with Crippen LogP contribution < -0.4 is 11.1 Å². The third kappa shape index (κ3) is 1.37. The topological polar surface area (TPSA) is 38.0 Å². The van der Waals surface area contributed by atoms with Crippen LogP contribution in [0.3, 0.4) is 0 Å². The molecule has 62 valence electrons. The number of nitrogens with two attached hydrogens (primary N) is 1. The maximum Gasteiger partial charge on any atom is 0.0532 e. The summed E-state index contributed by atoms with van der Waals surface area (Å²) < 4.78 is 0. The van der Waals surface area contributed by atoms with Crippen molar-refractivity contribution < 1.29 is 0 Å². The molecule has 3 N–H and O–H groups in total. The van der Waals surface area contributed by atoms with Crippen LogP contribution in [-0.4, -0.2) is 18.6 Å². The largest absolute Gasteiger partial charge is 0.320 e. The average Bonchev–Trinajstić information content (AvgIpc) is 1.95. The molecule has 0 heterocycles. The Morgan fingerprint density at radius 2 is 2.27 bits per heavy atom. The first-order chi connectivity index (χ1) is 5.09. The lowest BCUT2D eigenvalue weighted by Crippen LogP contribution is -2.54. The van der Waals surface area contributed by atoms with E-state index in [0.29, 0.717) is 0 Å². The fraction of sp³-hybridized carbons (Fsp3) is 0.556. The number of hydrogen-bond acceptors (Lipinski definition) is 2. The quantitative estimate of drug-likeness (QED) is 0.583. The minimum absolute atomic E-state index is 0.233. The molecule has 2 unspecified atom stereocenters. The van der Waals surface area contributed by atoms with Crippen molar-refractivity contribution >= 4 is 0 Å². The van der Waals surface area contributed by atoms with Crippen molar-refractivity contribution in [2.75, 3.05) is 7.05 Å². The van der Waals surface area contributed by atoms with E-state index < -0.39 is 0 Å². The average molecular weight is 152 g/mol. The first kappa shape index (κ1) is 8.50. The van der Waals surface area contributed by atoms with E-state index in [2.05, 4.69) is 24.4 Å². The van der Waals surface area contributed by atoms with Crippen LogP contribution in [0.25, 0.3) is 0 Å². The molecule has 11 heavy (non-hydrogen) atoms. The maximum absolute atomic E-state index is 6.09. The summed E-state index contributed by atoms with van der Waals surface area (Å²) in [7, 11) is 1.93. The Kier molecular flexibility index (Phi) is 2.16. The lowest BCUT2D eigenvalue weighted by Gasteiger charge is -2.35. The van der Waals surface area contributed by atoms with Crippen LogP contribution in [0.5, 0.6) is 0 Å². The Bertz CT molecular complexity index is 202. The smallest absolute Gasteiger partial charge is 0.0532 e. The Labute approximate surface area is 68.2 Å². The molecule has 0 saturated heterocycles. The van der Waals surface area contributed by atoms with Crippen molar-refractivity contribution in [2.24, 2.45) is 5.73 Å². The molecule has 0 bridgehead atoms. The summed E-state index contributed by atoms with van der Waals surface area (Å²) in [4.78, 5) is 0. The van der Waals surface area contributed by atoms with E-state index in [1.165, 1.54) is 5.57 Å². The molecule has 1 rings (SSSR count). The van der Waals surface area contributed by atoms with Crippen LogP contribution >= 0.6 is 0 Å². The highest BCUT2D eigenvalue weighted by atomic mass is 15.0. The van der Waals surface area contributed by atoms with E-state index in [9.17, 15) is 0 Å². The molecule has 0 aromatic carbocycles. The third-order valence-electron chi connectivity index (χ3n) is 2.46. The maximum atomic E-state index is 6.09.